The van der Waals surface area contributed by atoms with Gasteiger partial charge in [0.15, 0.2) is 0 Å². The van der Waals surface area contributed by atoms with Crippen LogP contribution in [0.4, 0.5) is 0 Å². The van der Waals surface area contributed by atoms with Crippen molar-refractivity contribution in [3.63, 3.8) is 0 Å². The van der Waals surface area contributed by atoms with Gasteiger partial charge in [-0.2, -0.15) is 5.10 Å². The molecule has 0 spiro atoms. The molecular formula is C15H23N3S. The smallest absolute Gasteiger partial charge is 0.0628 e. The van der Waals surface area contributed by atoms with Crippen molar-refractivity contribution in [3.8, 4) is 0 Å². The second-order valence-corrected chi connectivity index (χ2v) is 5.92. The van der Waals surface area contributed by atoms with Crippen molar-refractivity contribution in [2.75, 3.05) is 6.54 Å². The van der Waals surface area contributed by atoms with Crippen LogP contribution >= 0.6 is 11.3 Å². The number of aryl methyl sites for hydroxylation is 2. The summed E-state index contributed by atoms with van der Waals surface area (Å²) in [6.07, 6.45) is 2.21. The van der Waals surface area contributed by atoms with Crippen LogP contribution in [0.15, 0.2) is 17.5 Å². The summed E-state index contributed by atoms with van der Waals surface area (Å²) < 4.78 is 1.98. The minimum atomic E-state index is 0.462. The third-order valence-corrected chi connectivity index (χ3v) is 4.67. The predicted octanol–water partition coefficient (Wildman–Crippen LogP) is 3.38. The van der Waals surface area contributed by atoms with Gasteiger partial charge in [-0.15, -0.1) is 11.3 Å². The summed E-state index contributed by atoms with van der Waals surface area (Å²) in [4.78, 5) is 1.43. The van der Waals surface area contributed by atoms with Crippen LogP contribution in [-0.4, -0.2) is 16.3 Å². The van der Waals surface area contributed by atoms with E-state index in [2.05, 4.69) is 48.7 Å². The highest BCUT2D eigenvalue weighted by atomic mass is 32.1. The zero-order valence-electron chi connectivity index (χ0n) is 12.2. The van der Waals surface area contributed by atoms with Gasteiger partial charge in [0, 0.05) is 23.7 Å². The summed E-state index contributed by atoms with van der Waals surface area (Å²) in [5.41, 5.74) is 3.86. The van der Waals surface area contributed by atoms with Gasteiger partial charge in [-0.05, 0) is 50.2 Å². The molecule has 0 saturated heterocycles. The molecule has 0 fully saturated rings. The summed E-state index contributed by atoms with van der Waals surface area (Å²) in [5, 5.41) is 10.2. The van der Waals surface area contributed by atoms with E-state index in [0.29, 0.717) is 6.04 Å². The number of nitrogens with zero attached hydrogens (tertiary/aromatic N) is 2. The summed E-state index contributed by atoms with van der Waals surface area (Å²) in [6, 6.07) is 4.82. The highest BCUT2D eigenvalue weighted by Crippen LogP contribution is 2.25. The molecule has 0 saturated carbocycles. The summed E-state index contributed by atoms with van der Waals surface area (Å²) >= 11 is 1.84. The normalized spacial score (nSPS) is 12.8. The van der Waals surface area contributed by atoms with Gasteiger partial charge in [-0.25, -0.2) is 0 Å². The Kier molecular flexibility index (Phi) is 4.77. The molecule has 104 valence electrons. The van der Waals surface area contributed by atoms with E-state index in [9.17, 15) is 0 Å². The molecule has 0 amide bonds. The lowest BCUT2D eigenvalue weighted by Crippen LogP contribution is -2.20. The standard InChI is InChI=1S/C15H23N3S/c1-5-16-14(15-7-6-10-19-15)9-8-13-11(2)17-18(4)12(13)3/h6-7,10,14,16H,5,8-9H2,1-4H3. The van der Waals surface area contributed by atoms with Gasteiger partial charge in [-0.1, -0.05) is 13.0 Å². The summed E-state index contributed by atoms with van der Waals surface area (Å²) in [7, 11) is 2.02. The quantitative estimate of drug-likeness (QED) is 0.877. The fraction of sp³-hybridized carbons (Fsp3) is 0.533. The molecule has 0 bridgehead atoms. The monoisotopic (exact) mass is 277 g/mol. The zero-order valence-corrected chi connectivity index (χ0v) is 13.0. The highest BCUT2D eigenvalue weighted by molar-refractivity contribution is 7.10. The van der Waals surface area contributed by atoms with E-state index >= 15 is 0 Å². The Labute approximate surface area is 119 Å². The average molecular weight is 277 g/mol. The Hall–Kier alpha value is -1.13. The minimum Gasteiger partial charge on any atom is -0.310 e. The SMILES string of the molecule is CCNC(CCc1c(C)nn(C)c1C)c1cccs1. The number of hydrogen-bond acceptors (Lipinski definition) is 3. The molecule has 1 N–H and O–H groups in total. The van der Waals surface area contributed by atoms with Crippen LogP contribution in [-0.2, 0) is 13.5 Å². The fourth-order valence-electron chi connectivity index (χ4n) is 2.55. The minimum absolute atomic E-state index is 0.462. The van der Waals surface area contributed by atoms with Crippen LogP contribution in [0.2, 0.25) is 0 Å². The van der Waals surface area contributed by atoms with Crippen LogP contribution in [0, 0.1) is 13.8 Å². The van der Waals surface area contributed by atoms with Crippen LogP contribution < -0.4 is 5.32 Å². The van der Waals surface area contributed by atoms with E-state index in [1.54, 1.807) is 0 Å². The Morgan fingerprint density at radius 2 is 2.21 bits per heavy atom. The van der Waals surface area contributed by atoms with Crippen molar-refractivity contribution in [2.45, 2.75) is 39.7 Å². The van der Waals surface area contributed by atoms with E-state index in [-0.39, 0.29) is 0 Å². The lowest BCUT2D eigenvalue weighted by atomic mass is 10.0. The number of aromatic nitrogens is 2. The van der Waals surface area contributed by atoms with E-state index in [0.717, 1.165) is 19.4 Å². The molecule has 0 aliphatic heterocycles. The molecule has 2 heterocycles. The molecule has 0 radical (unpaired) electrons. The highest BCUT2D eigenvalue weighted by Gasteiger charge is 2.15. The Morgan fingerprint density at radius 1 is 1.42 bits per heavy atom. The van der Waals surface area contributed by atoms with Crippen molar-refractivity contribution >= 4 is 11.3 Å². The largest absolute Gasteiger partial charge is 0.310 e. The second-order valence-electron chi connectivity index (χ2n) is 4.94. The first-order valence-corrected chi connectivity index (χ1v) is 7.77. The van der Waals surface area contributed by atoms with Gasteiger partial charge in [0.05, 0.1) is 5.69 Å². The van der Waals surface area contributed by atoms with Gasteiger partial charge in [0.2, 0.25) is 0 Å². The first-order chi connectivity index (χ1) is 9.13. The van der Waals surface area contributed by atoms with Gasteiger partial charge in [0.1, 0.15) is 0 Å². The van der Waals surface area contributed by atoms with Crippen molar-refractivity contribution in [1.29, 1.82) is 0 Å². The zero-order chi connectivity index (χ0) is 13.8. The summed E-state index contributed by atoms with van der Waals surface area (Å²) in [5.74, 6) is 0. The van der Waals surface area contributed by atoms with E-state index in [1.807, 2.05) is 23.1 Å². The first kappa shape index (κ1) is 14.3. The van der Waals surface area contributed by atoms with Crippen LogP contribution in [0.3, 0.4) is 0 Å². The van der Waals surface area contributed by atoms with Gasteiger partial charge >= 0.3 is 0 Å². The van der Waals surface area contributed by atoms with Crippen molar-refractivity contribution in [3.05, 3.63) is 39.3 Å². The maximum atomic E-state index is 4.50. The van der Waals surface area contributed by atoms with Crippen LogP contribution in [0.1, 0.15) is 41.2 Å². The average Bonchev–Trinajstić information content (AvgIpc) is 2.97. The Balaban J connectivity index is 2.07. The molecule has 2 rings (SSSR count). The van der Waals surface area contributed by atoms with E-state index in [1.165, 1.54) is 21.8 Å². The number of rotatable bonds is 6. The lowest BCUT2D eigenvalue weighted by molar-refractivity contribution is 0.522. The number of hydrogen-bond donors (Lipinski definition) is 1. The molecule has 0 aliphatic rings. The van der Waals surface area contributed by atoms with Gasteiger partial charge < -0.3 is 5.32 Å². The second kappa shape index (κ2) is 6.35. The molecule has 0 aromatic carbocycles. The molecule has 19 heavy (non-hydrogen) atoms. The summed E-state index contributed by atoms with van der Waals surface area (Å²) in [6.45, 7) is 7.44. The predicted molar refractivity (Wildman–Crippen MR) is 81.7 cm³/mol. The van der Waals surface area contributed by atoms with Crippen molar-refractivity contribution < 1.29 is 0 Å². The lowest BCUT2D eigenvalue weighted by Gasteiger charge is -2.16. The molecule has 0 aliphatic carbocycles. The molecule has 2 aromatic rings. The topological polar surface area (TPSA) is 29.9 Å². The molecule has 2 aromatic heterocycles. The van der Waals surface area contributed by atoms with Crippen LogP contribution in [0.5, 0.6) is 0 Å². The van der Waals surface area contributed by atoms with Gasteiger partial charge in [0.25, 0.3) is 0 Å². The number of thiophene rings is 1. The van der Waals surface area contributed by atoms with Crippen molar-refractivity contribution in [1.82, 2.24) is 15.1 Å². The molecule has 4 heteroatoms. The van der Waals surface area contributed by atoms with E-state index < -0.39 is 0 Å². The maximum Gasteiger partial charge on any atom is 0.0628 e. The third-order valence-electron chi connectivity index (χ3n) is 3.68. The third kappa shape index (κ3) is 3.25. The molecular weight excluding hydrogens is 254 g/mol. The first-order valence-electron chi connectivity index (χ1n) is 6.89. The van der Waals surface area contributed by atoms with Crippen molar-refractivity contribution in [2.24, 2.45) is 7.05 Å². The Morgan fingerprint density at radius 3 is 2.74 bits per heavy atom. The maximum absolute atomic E-state index is 4.50. The molecule has 1 atom stereocenters. The molecule has 3 nitrogen and oxygen atoms in total. The van der Waals surface area contributed by atoms with Crippen LogP contribution in [0.25, 0.3) is 0 Å². The Bertz CT molecular complexity index is 514. The fourth-order valence-corrected chi connectivity index (χ4v) is 3.39. The number of nitrogens with one attached hydrogen (secondary N) is 1. The molecule has 1 unspecified atom stereocenters. The van der Waals surface area contributed by atoms with Gasteiger partial charge in [-0.3, -0.25) is 4.68 Å². The van der Waals surface area contributed by atoms with E-state index in [4.69, 9.17) is 0 Å².